The van der Waals surface area contributed by atoms with Gasteiger partial charge in [-0.3, -0.25) is 4.79 Å². The maximum absolute atomic E-state index is 10.8. The van der Waals surface area contributed by atoms with E-state index in [9.17, 15) is 4.79 Å². The minimum Gasteiger partial charge on any atom is -0.506 e. The minimum absolute atomic E-state index is 0.0515. The van der Waals surface area contributed by atoms with Crippen LogP contribution < -0.4 is 0 Å². The summed E-state index contributed by atoms with van der Waals surface area (Å²) in [7, 11) is 0. The quantitative estimate of drug-likeness (QED) is 0.598. The van der Waals surface area contributed by atoms with Crippen LogP contribution in [0.2, 0.25) is 0 Å². The molecule has 54 valence electrons. The molecule has 1 aromatic heterocycles. The van der Waals surface area contributed by atoms with Crippen LogP contribution in [0.4, 0.5) is 5.82 Å². The second-order valence-corrected chi connectivity index (χ2v) is 2.07. The third kappa shape index (κ3) is 0.778. The number of carbonyl (C=O) groups is 1. The predicted octanol–water partition coefficient (Wildman–Crippen LogP) is 1.02. The Labute approximate surface area is 61.4 Å². The average Bonchev–Trinajstić information content (AvgIpc) is 2.33. The summed E-state index contributed by atoms with van der Waals surface area (Å²) in [6.45, 7) is 0. The zero-order chi connectivity index (χ0) is 7.84. The van der Waals surface area contributed by atoms with E-state index in [4.69, 9.17) is 5.11 Å². The molecule has 0 bridgehead atoms. The van der Waals surface area contributed by atoms with Crippen molar-refractivity contribution < 1.29 is 9.90 Å². The van der Waals surface area contributed by atoms with E-state index in [0.717, 1.165) is 0 Å². The third-order valence-electron chi connectivity index (χ3n) is 1.32. The molecule has 0 spiro atoms. The molecule has 0 aromatic carbocycles. The van der Waals surface area contributed by atoms with Gasteiger partial charge in [0.15, 0.2) is 5.82 Å². The molecule has 2 rings (SSSR count). The zero-order valence-corrected chi connectivity index (χ0v) is 5.35. The van der Waals surface area contributed by atoms with Crippen molar-refractivity contribution in [1.29, 1.82) is 0 Å². The molecule has 0 fully saturated rings. The number of azo groups is 1. The highest BCUT2D eigenvalue weighted by atomic mass is 16.3. The van der Waals surface area contributed by atoms with E-state index < -0.39 is 5.91 Å². The fraction of sp³-hybridized carbons (Fsp3) is 0. The monoisotopic (exact) mass is 149 g/mol. The fourth-order valence-corrected chi connectivity index (χ4v) is 0.830. The molecule has 0 atom stereocenters. The number of pyridine rings is 1. The zero-order valence-electron chi connectivity index (χ0n) is 5.35. The number of carbonyl (C=O) groups excluding carboxylic acids is 1. The summed E-state index contributed by atoms with van der Waals surface area (Å²) in [6, 6.07) is 1.30. The molecule has 0 unspecified atom stereocenters. The standard InChI is InChI=1S/C6H3N3O2/c10-3-1-4-5(7-2-3)8-9-6(4)11/h1-2,10H. The first-order chi connectivity index (χ1) is 5.27. The third-order valence-corrected chi connectivity index (χ3v) is 1.32. The molecule has 11 heavy (non-hydrogen) atoms. The Morgan fingerprint density at radius 1 is 1.36 bits per heavy atom. The number of aromatic hydroxyl groups is 1. The Morgan fingerprint density at radius 3 is 3.00 bits per heavy atom. The Kier molecular flexibility index (Phi) is 1.00. The highest BCUT2D eigenvalue weighted by molar-refractivity contribution is 6.01. The number of fused-ring (bicyclic) bond motifs is 1. The largest absolute Gasteiger partial charge is 0.506 e. The molecular weight excluding hydrogens is 146 g/mol. The summed E-state index contributed by atoms with van der Waals surface area (Å²) >= 11 is 0. The molecule has 0 saturated carbocycles. The predicted molar refractivity (Wildman–Crippen MR) is 34.7 cm³/mol. The first-order valence-corrected chi connectivity index (χ1v) is 2.92. The summed E-state index contributed by atoms with van der Waals surface area (Å²) in [4.78, 5) is 14.5. The Bertz CT molecular complexity index is 359. The number of amides is 1. The van der Waals surface area contributed by atoms with Gasteiger partial charge in [0.2, 0.25) is 0 Å². The van der Waals surface area contributed by atoms with E-state index >= 15 is 0 Å². The van der Waals surface area contributed by atoms with Crippen LogP contribution in [0, 0.1) is 0 Å². The van der Waals surface area contributed by atoms with E-state index in [1.807, 2.05) is 0 Å². The van der Waals surface area contributed by atoms with Crippen LogP contribution in [0.25, 0.3) is 0 Å². The first kappa shape index (κ1) is 5.96. The number of hydrogen-bond donors (Lipinski definition) is 1. The highest BCUT2D eigenvalue weighted by Crippen LogP contribution is 2.26. The second-order valence-electron chi connectivity index (χ2n) is 2.07. The fourth-order valence-electron chi connectivity index (χ4n) is 0.830. The maximum atomic E-state index is 10.8. The summed E-state index contributed by atoms with van der Waals surface area (Å²) in [5, 5.41) is 15.6. The van der Waals surface area contributed by atoms with Crippen molar-refractivity contribution in [2.24, 2.45) is 10.2 Å². The van der Waals surface area contributed by atoms with Crippen LogP contribution in [-0.4, -0.2) is 16.0 Å². The van der Waals surface area contributed by atoms with Gasteiger partial charge in [-0.15, -0.1) is 10.2 Å². The summed E-state index contributed by atoms with van der Waals surface area (Å²) in [5.74, 6) is -0.236. The van der Waals surface area contributed by atoms with Gasteiger partial charge in [-0.2, -0.15) is 0 Å². The lowest BCUT2D eigenvalue weighted by Gasteiger charge is -1.91. The Morgan fingerprint density at radius 2 is 2.18 bits per heavy atom. The minimum atomic E-state index is -0.455. The van der Waals surface area contributed by atoms with E-state index in [1.54, 1.807) is 0 Å². The van der Waals surface area contributed by atoms with Crippen LogP contribution >= 0.6 is 0 Å². The van der Waals surface area contributed by atoms with Crippen molar-refractivity contribution in [3.8, 4) is 5.75 Å². The highest BCUT2D eigenvalue weighted by Gasteiger charge is 2.18. The van der Waals surface area contributed by atoms with E-state index in [2.05, 4.69) is 15.2 Å². The smallest absolute Gasteiger partial charge is 0.299 e. The van der Waals surface area contributed by atoms with Crippen molar-refractivity contribution >= 4 is 11.7 Å². The SMILES string of the molecule is O=C1N=Nc2ncc(O)cc21. The molecular formula is C6H3N3O2. The number of hydrogen-bond acceptors (Lipinski definition) is 4. The van der Waals surface area contributed by atoms with Crippen molar-refractivity contribution in [1.82, 2.24) is 4.98 Å². The van der Waals surface area contributed by atoms with Crippen molar-refractivity contribution in [2.45, 2.75) is 0 Å². The number of rotatable bonds is 0. The Balaban J connectivity index is 2.67. The van der Waals surface area contributed by atoms with Crippen LogP contribution in [0.15, 0.2) is 22.5 Å². The molecule has 1 aliphatic heterocycles. The van der Waals surface area contributed by atoms with E-state index in [0.29, 0.717) is 0 Å². The first-order valence-electron chi connectivity index (χ1n) is 2.92. The van der Waals surface area contributed by atoms with Gasteiger partial charge in [-0.1, -0.05) is 0 Å². The molecule has 0 radical (unpaired) electrons. The van der Waals surface area contributed by atoms with Gasteiger partial charge in [0.1, 0.15) is 5.75 Å². The molecule has 0 saturated heterocycles. The Hall–Kier alpha value is -1.78. The lowest BCUT2D eigenvalue weighted by Crippen LogP contribution is -1.88. The maximum Gasteiger partial charge on any atom is 0.299 e. The van der Waals surface area contributed by atoms with Gasteiger partial charge in [0.25, 0.3) is 5.91 Å². The van der Waals surface area contributed by atoms with Gasteiger partial charge >= 0.3 is 0 Å². The van der Waals surface area contributed by atoms with Gasteiger partial charge < -0.3 is 5.11 Å². The van der Waals surface area contributed by atoms with Crippen LogP contribution in [0.5, 0.6) is 5.75 Å². The van der Waals surface area contributed by atoms with Crippen LogP contribution in [0.1, 0.15) is 10.4 Å². The van der Waals surface area contributed by atoms with Crippen molar-refractivity contribution in [2.75, 3.05) is 0 Å². The number of nitrogens with zero attached hydrogens (tertiary/aromatic N) is 3. The molecule has 1 N–H and O–H groups in total. The average molecular weight is 149 g/mol. The molecule has 5 heteroatoms. The molecule has 5 nitrogen and oxygen atoms in total. The van der Waals surface area contributed by atoms with Gasteiger partial charge in [-0.05, 0) is 6.07 Å². The van der Waals surface area contributed by atoms with E-state index in [-0.39, 0.29) is 17.1 Å². The molecule has 1 aliphatic rings. The number of aromatic nitrogens is 1. The van der Waals surface area contributed by atoms with Crippen LogP contribution in [0.3, 0.4) is 0 Å². The van der Waals surface area contributed by atoms with Crippen molar-refractivity contribution in [3.63, 3.8) is 0 Å². The molecule has 1 amide bonds. The van der Waals surface area contributed by atoms with Gasteiger partial charge in [-0.25, -0.2) is 4.98 Å². The molecule has 1 aromatic rings. The summed E-state index contributed by atoms with van der Waals surface area (Å²) in [5.41, 5.74) is 0.255. The summed E-state index contributed by atoms with van der Waals surface area (Å²) < 4.78 is 0. The van der Waals surface area contributed by atoms with Gasteiger partial charge in [0, 0.05) is 0 Å². The normalized spacial score (nSPS) is 13.6. The van der Waals surface area contributed by atoms with E-state index in [1.165, 1.54) is 12.3 Å². The molecule has 0 aliphatic carbocycles. The topological polar surface area (TPSA) is 74.9 Å². The van der Waals surface area contributed by atoms with Crippen LogP contribution in [-0.2, 0) is 0 Å². The lowest BCUT2D eigenvalue weighted by molar-refractivity contribution is 0.100. The summed E-state index contributed by atoms with van der Waals surface area (Å²) in [6.07, 6.45) is 1.22. The van der Waals surface area contributed by atoms with Crippen molar-refractivity contribution in [3.05, 3.63) is 17.8 Å². The second kappa shape index (κ2) is 1.85. The van der Waals surface area contributed by atoms with Gasteiger partial charge in [0.05, 0.1) is 11.8 Å². The lowest BCUT2D eigenvalue weighted by atomic mass is 10.2. The molecule has 2 heterocycles.